The largest absolute Gasteiger partial charge is 0.349 e. The molecule has 2 atom stereocenters. The van der Waals surface area contributed by atoms with Crippen molar-refractivity contribution in [3.8, 4) is 11.4 Å². The van der Waals surface area contributed by atoms with Crippen molar-refractivity contribution >= 4 is 29.0 Å². The molecular formula is C23H28N4OS2. The van der Waals surface area contributed by atoms with E-state index in [0.29, 0.717) is 5.75 Å². The van der Waals surface area contributed by atoms with Crippen LogP contribution in [0.15, 0.2) is 40.9 Å². The van der Waals surface area contributed by atoms with Crippen molar-refractivity contribution in [3.63, 3.8) is 0 Å². The van der Waals surface area contributed by atoms with Crippen LogP contribution in [-0.2, 0) is 24.2 Å². The van der Waals surface area contributed by atoms with Crippen LogP contribution < -0.4 is 5.32 Å². The zero-order chi connectivity index (χ0) is 21.1. The molecule has 0 aliphatic heterocycles. The molecule has 4 rings (SSSR count). The van der Waals surface area contributed by atoms with Crippen molar-refractivity contribution in [1.82, 2.24) is 20.1 Å². The highest BCUT2D eigenvalue weighted by atomic mass is 32.2. The molecule has 1 aliphatic carbocycles. The monoisotopic (exact) mass is 440 g/mol. The number of rotatable bonds is 7. The molecule has 158 valence electrons. The highest BCUT2D eigenvalue weighted by molar-refractivity contribution is 7.99. The Balaban J connectivity index is 1.44. The molecule has 2 aromatic heterocycles. The summed E-state index contributed by atoms with van der Waals surface area (Å²) in [6, 6.07) is 10.00. The molecule has 0 radical (unpaired) electrons. The summed E-state index contributed by atoms with van der Waals surface area (Å²) in [4.78, 5) is 14.0. The van der Waals surface area contributed by atoms with Gasteiger partial charge in [0, 0.05) is 22.4 Å². The third-order valence-electron chi connectivity index (χ3n) is 5.69. The van der Waals surface area contributed by atoms with Crippen molar-refractivity contribution in [3.05, 3.63) is 51.7 Å². The second-order valence-electron chi connectivity index (χ2n) is 7.94. The highest BCUT2D eigenvalue weighted by Gasteiger charge is 2.24. The van der Waals surface area contributed by atoms with E-state index in [0.717, 1.165) is 35.4 Å². The van der Waals surface area contributed by atoms with Crippen molar-refractivity contribution in [1.29, 1.82) is 0 Å². The van der Waals surface area contributed by atoms with E-state index in [1.165, 1.54) is 40.6 Å². The highest BCUT2D eigenvalue weighted by Crippen LogP contribution is 2.38. The quantitative estimate of drug-likeness (QED) is 0.518. The van der Waals surface area contributed by atoms with Crippen molar-refractivity contribution in [2.45, 2.75) is 57.8 Å². The van der Waals surface area contributed by atoms with Crippen LogP contribution in [0.1, 0.15) is 49.2 Å². The Bertz CT molecular complexity index is 1010. The predicted octanol–water partition coefficient (Wildman–Crippen LogP) is 5.12. The van der Waals surface area contributed by atoms with Gasteiger partial charge in [-0.1, -0.05) is 49.0 Å². The molecule has 0 bridgehead atoms. The number of carbonyl (C=O) groups is 1. The zero-order valence-electron chi connectivity index (χ0n) is 17.7. The molecule has 7 heteroatoms. The Morgan fingerprint density at radius 1 is 1.33 bits per heavy atom. The molecule has 0 spiro atoms. The Kier molecular flexibility index (Phi) is 6.58. The maximum Gasteiger partial charge on any atom is 0.230 e. The van der Waals surface area contributed by atoms with Gasteiger partial charge in [0.1, 0.15) is 0 Å². The fourth-order valence-electron chi connectivity index (χ4n) is 3.98. The normalized spacial score (nSPS) is 16.8. The van der Waals surface area contributed by atoms with Gasteiger partial charge >= 0.3 is 0 Å². The number of nitrogens with one attached hydrogen (secondary N) is 1. The fourth-order valence-corrected chi connectivity index (χ4v) is 6.04. The first-order chi connectivity index (χ1) is 14.6. The summed E-state index contributed by atoms with van der Waals surface area (Å²) < 4.78 is 2.14. The zero-order valence-corrected chi connectivity index (χ0v) is 19.4. The number of hydrogen-bond donors (Lipinski definition) is 1. The van der Waals surface area contributed by atoms with E-state index in [1.54, 1.807) is 0 Å². The van der Waals surface area contributed by atoms with Crippen molar-refractivity contribution in [2.75, 3.05) is 5.75 Å². The molecule has 2 unspecified atom stereocenters. The lowest BCUT2D eigenvalue weighted by Gasteiger charge is -2.19. The molecule has 0 saturated carbocycles. The smallest absolute Gasteiger partial charge is 0.230 e. The SMILES string of the molecule is CCn1c(SCC(=O)NC(C)c2ccccc2)nnc1-c1csc2c1CCC(C)C2. The van der Waals surface area contributed by atoms with Crippen LogP contribution in [0.4, 0.5) is 0 Å². The van der Waals surface area contributed by atoms with Gasteiger partial charge in [-0.2, -0.15) is 0 Å². The molecule has 1 N–H and O–H groups in total. The van der Waals surface area contributed by atoms with E-state index < -0.39 is 0 Å². The maximum atomic E-state index is 12.5. The van der Waals surface area contributed by atoms with Crippen LogP contribution in [0.25, 0.3) is 11.4 Å². The first kappa shape index (κ1) is 21.1. The Morgan fingerprint density at radius 2 is 2.13 bits per heavy atom. The third kappa shape index (κ3) is 4.47. The van der Waals surface area contributed by atoms with Crippen LogP contribution in [0, 0.1) is 5.92 Å². The molecule has 3 aromatic rings. The summed E-state index contributed by atoms with van der Waals surface area (Å²) in [5.41, 5.74) is 3.78. The van der Waals surface area contributed by atoms with E-state index >= 15 is 0 Å². The first-order valence-corrected chi connectivity index (χ1v) is 12.4. The van der Waals surface area contributed by atoms with Gasteiger partial charge in [0.2, 0.25) is 5.91 Å². The van der Waals surface area contributed by atoms with Gasteiger partial charge in [0.15, 0.2) is 11.0 Å². The molecule has 2 heterocycles. The molecular weight excluding hydrogens is 412 g/mol. The van der Waals surface area contributed by atoms with Crippen LogP contribution in [0.3, 0.4) is 0 Å². The lowest BCUT2D eigenvalue weighted by molar-refractivity contribution is -0.119. The van der Waals surface area contributed by atoms with Crippen LogP contribution in [-0.4, -0.2) is 26.4 Å². The van der Waals surface area contributed by atoms with E-state index in [1.807, 2.05) is 48.6 Å². The molecule has 1 amide bonds. The summed E-state index contributed by atoms with van der Waals surface area (Å²) in [5.74, 6) is 2.03. The minimum atomic E-state index is -0.0152. The fraction of sp³-hybridized carbons (Fsp3) is 0.435. The second kappa shape index (κ2) is 9.35. The minimum Gasteiger partial charge on any atom is -0.349 e. The van der Waals surface area contributed by atoms with Crippen molar-refractivity contribution < 1.29 is 4.79 Å². The van der Waals surface area contributed by atoms with Crippen LogP contribution >= 0.6 is 23.1 Å². The van der Waals surface area contributed by atoms with E-state index in [4.69, 9.17) is 0 Å². The molecule has 1 aromatic carbocycles. The third-order valence-corrected chi connectivity index (χ3v) is 7.70. The van der Waals surface area contributed by atoms with E-state index in [9.17, 15) is 4.79 Å². The number of thioether (sulfide) groups is 1. The number of thiophene rings is 1. The molecule has 0 fully saturated rings. The van der Waals surface area contributed by atoms with Gasteiger partial charge in [-0.3, -0.25) is 4.79 Å². The summed E-state index contributed by atoms with van der Waals surface area (Å²) in [7, 11) is 0. The standard InChI is InChI=1S/C23H28N4OS2/c1-4-27-22(19-13-29-20-12-15(2)10-11-18(19)20)25-26-23(27)30-14-21(28)24-16(3)17-8-6-5-7-9-17/h5-9,13,15-16H,4,10-12,14H2,1-3H3,(H,24,28). The first-order valence-electron chi connectivity index (χ1n) is 10.6. The minimum absolute atomic E-state index is 0.00505. The Morgan fingerprint density at radius 3 is 2.90 bits per heavy atom. The van der Waals surface area contributed by atoms with Gasteiger partial charge in [-0.25, -0.2) is 0 Å². The lowest BCUT2D eigenvalue weighted by atomic mass is 9.88. The lowest BCUT2D eigenvalue weighted by Crippen LogP contribution is -2.28. The number of amides is 1. The van der Waals surface area contributed by atoms with Crippen LogP contribution in [0.2, 0.25) is 0 Å². The second-order valence-corrected chi connectivity index (χ2v) is 9.84. The molecule has 1 aliphatic rings. The van der Waals surface area contributed by atoms with Gasteiger partial charge in [0.25, 0.3) is 0 Å². The van der Waals surface area contributed by atoms with Gasteiger partial charge < -0.3 is 9.88 Å². The van der Waals surface area contributed by atoms with Gasteiger partial charge in [-0.05, 0) is 50.2 Å². The summed E-state index contributed by atoms with van der Waals surface area (Å²) in [6.07, 6.45) is 3.52. The summed E-state index contributed by atoms with van der Waals surface area (Å²) in [6.45, 7) is 7.23. The van der Waals surface area contributed by atoms with E-state index in [-0.39, 0.29) is 11.9 Å². The Labute approximate surface area is 186 Å². The number of aromatic nitrogens is 3. The topological polar surface area (TPSA) is 59.8 Å². The molecule has 5 nitrogen and oxygen atoms in total. The average molecular weight is 441 g/mol. The van der Waals surface area contributed by atoms with Crippen molar-refractivity contribution in [2.24, 2.45) is 5.92 Å². The predicted molar refractivity (Wildman–Crippen MR) is 124 cm³/mol. The number of benzene rings is 1. The van der Waals surface area contributed by atoms with Gasteiger partial charge in [0.05, 0.1) is 11.8 Å². The van der Waals surface area contributed by atoms with Crippen LogP contribution in [0.5, 0.6) is 0 Å². The number of carbonyl (C=O) groups excluding carboxylic acids is 1. The summed E-state index contributed by atoms with van der Waals surface area (Å²) >= 11 is 3.30. The number of fused-ring (bicyclic) bond motifs is 1. The number of nitrogens with zero attached hydrogens (tertiary/aromatic N) is 3. The Hall–Kier alpha value is -2.12. The maximum absolute atomic E-state index is 12.5. The van der Waals surface area contributed by atoms with E-state index in [2.05, 4.69) is 39.3 Å². The molecule has 30 heavy (non-hydrogen) atoms. The molecule has 0 saturated heterocycles. The number of hydrogen-bond acceptors (Lipinski definition) is 5. The summed E-state index contributed by atoms with van der Waals surface area (Å²) in [5, 5.41) is 15.0. The van der Waals surface area contributed by atoms with Gasteiger partial charge in [-0.15, -0.1) is 21.5 Å². The average Bonchev–Trinajstić information content (AvgIpc) is 3.35.